The van der Waals surface area contributed by atoms with Crippen LogP contribution < -0.4 is 4.73 Å². The molecular weight excluding hydrogens is 174 g/mol. The smallest absolute Gasteiger partial charge is 0.183 e. The Kier molecular flexibility index (Phi) is 2.19. The molecule has 0 unspecified atom stereocenters. The summed E-state index contributed by atoms with van der Waals surface area (Å²) in [6.45, 7) is 1.94. The van der Waals surface area contributed by atoms with Crippen LogP contribution in [0.25, 0.3) is 11.1 Å². The second kappa shape index (κ2) is 3.50. The topological polar surface area (TPSA) is 26.9 Å². The van der Waals surface area contributed by atoms with E-state index >= 15 is 0 Å². The van der Waals surface area contributed by atoms with Gasteiger partial charge < -0.3 is 5.21 Å². The van der Waals surface area contributed by atoms with Gasteiger partial charge in [-0.05, 0) is 18.1 Å². The number of aryl methyl sites for hydroxylation is 1. The number of nitrogens with zero attached hydrogens (tertiary/aromatic N) is 1. The van der Waals surface area contributed by atoms with Crippen molar-refractivity contribution in [2.45, 2.75) is 6.92 Å². The number of hydrogen-bond donors (Lipinski definition) is 0. The minimum absolute atomic E-state index is 0.821. The van der Waals surface area contributed by atoms with Crippen molar-refractivity contribution in [3.05, 3.63) is 59.6 Å². The van der Waals surface area contributed by atoms with Gasteiger partial charge in [0.15, 0.2) is 12.4 Å². The number of benzene rings is 1. The first kappa shape index (κ1) is 8.75. The highest BCUT2D eigenvalue weighted by molar-refractivity contribution is 5.65. The summed E-state index contributed by atoms with van der Waals surface area (Å²) in [4.78, 5) is 0. The summed E-state index contributed by atoms with van der Waals surface area (Å²) in [6.07, 6.45) is 3.11. The first-order valence-corrected chi connectivity index (χ1v) is 4.52. The van der Waals surface area contributed by atoms with Crippen LogP contribution in [0.4, 0.5) is 0 Å². The molecular formula is C12H11NO. The predicted molar refractivity (Wildman–Crippen MR) is 55.6 cm³/mol. The molecule has 0 aliphatic rings. The maximum absolute atomic E-state index is 11.0. The fraction of sp³-hybridized carbons (Fsp3) is 0.0833. The molecule has 2 heteroatoms. The van der Waals surface area contributed by atoms with Gasteiger partial charge in [0.25, 0.3) is 0 Å². The molecule has 0 N–H and O–H groups in total. The number of hydrogen-bond acceptors (Lipinski definition) is 1. The van der Waals surface area contributed by atoms with Crippen LogP contribution in [0.3, 0.4) is 0 Å². The van der Waals surface area contributed by atoms with Gasteiger partial charge in [0.1, 0.15) is 0 Å². The van der Waals surface area contributed by atoms with Crippen molar-refractivity contribution in [1.82, 2.24) is 0 Å². The molecule has 0 radical (unpaired) electrons. The number of aromatic nitrogens is 1. The Morgan fingerprint density at radius 2 is 1.79 bits per heavy atom. The van der Waals surface area contributed by atoms with Crippen LogP contribution in [0.15, 0.2) is 48.8 Å². The summed E-state index contributed by atoms with van der Waals surface area (Å²) < 4.78 is 0.821. The summed E-state index contributed by atoms with van der Waals surface area (Å²) in [5.41, 5.74) is 3.25. The summed E-state index contributed by atoms with van der Waals surface area (Å²) in [5.74, 6) is 0. The Morgan fingerprint density at radius 1 is 1.07 bits per heavy atom. The average molecular weight is 185 g/mol. The Hall–Kier alpha value is -1.83. The summed E-state index contributed by atoms with van der Waals surface area (Å²) in [5, 5.41) is 11.0. The normalized spacial score (nSPS) is 10.1. The van der Waals surface area contributed by atoms with E-state index in [0.29, 0.717) is 0 Å². The lowest BCUT2D eigenvalue weighted by Crippen LogP contribution is -2.24. The molecule has 0 saturated carbocycles. The zero-order valence-corrected chi connectivity index (χ0v) is 7.97. The van der Waals surface area contributed by atoms with E-state index in [9.17, 15) is 5.21 Å². The molecule has 2 rings (SSSR count). The van der Waals surface area contributed by atoms with Crippen molar-refractivity contribution in [3.63, 3.8) is 0 Å². The molecule has 0 aliphatic heterocycles. The average Bonchev–Trinajstić information content (AvgIpc) is 2.19. The standard InChI is InChI=1S/C12H11NO/c1-10-9-13(14)8-7-12(10)11-5-3-2-4-6-11/h2-9H,1H3. The van der Waals surface area contributed by atoms with E-state index in [0.717, 1.165) is 21.4 Å². The van der Waals surface area contributed by atoms with E-state index in [-0.39, 0.29) is 0 Å². The fourth-order valence-corrected chi connectivity index (χ4v) is 1.52. The van der Waals surface area contributed by atoms with Crippen LogP contribution in [-0.4, -0.2) is 0 Å². The first-order chi connectivity index (χ1) is 6.77. The lowest BCUT2D eigenvalue weighted by Gasteiger charge is -2.04. The molecule has 1 heterocycles. The quantitative estimate of drug-likeness (QED) is 0.494. The molecule has 0 spiro atoms. The van der Waals surface area contributed by atoms with Crippen LogP contribution in [0.5, 0.6) is 0 Å². The largest absolute Gasteiger partial charge is 0.619 e. The lowest BCUT2D eigenvalue weighted by atomic mass is 10.0. The van der Waals surface area contributed by atoms with Crippen LogP contribution in [0, 0.1) is 12.1 Å². The van der Waals surface area contributed by atoms with Gasteiger partial charge in [-0.15, -0.1) is 0 Å². The predicted octanol–water partition coefficient (Wildman–Crippen LogP) is 2.30. The lowest BCUT2D eigenvalue weighted by molar-refractivity contribution is -0.605. The van der Waals surface area contributed by atoms with E-state index < -0.39 is 0 Å². The maximum Gasteiger partial charge on any atom is 0.183 e. The minimum atomic E-state index is 0.821. The Morgan fingerprint density at radius 3 is 2.43 bits per heavy atom. The van der Waals surface area contributed by atoms with Crippen molar-refractivity contribution in [2.24, 2.45) is 0 Å². The van der Waals surface area contributed by atoms with E-state index in [2.05, 4.69) is 0 Å². The van der Waals surface area contributed by atoms with Gasteiger partial charge in [0.2, 0.25) is 0 Å². The Labute approximate surface area is 83.0 Å². The first-order valence-electron chi connectivity index (χ1n) is 4.52. The van der Waals surface area contributed by atoms with Crippen LogP contribution in [0.2, 0.25) is 0 Å². The highest BCUT2D eigenvalue weighted by Gasteiger charge is 2.03. The van der Waals surface area contributed by atoms with Crippen molar-refractivity contribution >= 4 is 0 Å². The van der Waals surface area contributed by atoms with E-state index in [1.165, 1.54) is 6.20 Å². The van der Waals surface area contributed by atoms with Crippen molar-refractivity contribution in [3.8, 4) is 11.1 Å². The van der Waals surface area contributed by atoms with Crippen molar-refractivity contribution in [2.75, 3.05) is 0 Å². The van der Waals surface area contributed by atoms with Crippen molar-refractivity contribution in [1.29, 1.82) is 0 Å². The van der Waals surface area contributed by atoms with Crippen LogP contribution in [0.1, 0.15) is 5.56 Å². The number of pyridine rings is 1. The third-order valence-electron chi connectivity index (χ3n) is 2.22. The molecule has 70 valence electrons. The summed E-state index contributed by atoms with van der Waals surface area (Å²) in [6, 6.07) is 11.9. The van der Waals surface area contributed by atoms with E-state index in [1.807, 2.05) is 43.3 Å². The van der Waals surface area contributed by atoms with Gasteiger partial charge in [-0.3, -0.25) is 0 Å². The molecule has 14 heavy (non-hydrogen) atoms. The SMILES string of the molecule is Cc1c[n+]([O-])ccc1-c1ccccc1. The van der Waals surface area contributed by atoms with Gasteiger partial charge in [0, 0.05) is 11.6 Å². The molecule has 0 aliphatic carbocycles. The molecule has 0 saturated heterocycles. The van der Waals surface area contributed by atoms with Gasteiger partial charge in [-0.1, -0.05) is 30.3 Å². The molecule has 1 aromatic carbocycles. The molecule has 1 aromatic heterocycles. The summed E-state index contributed by atoms with van der Waals surface area (Å²) >= 11 is 0. The molecule has 0 atom stereocenters. The van der Waals surface area contributed by atoms with Crippen LogP contribution >= 0.6 is 0 Å². The van der Waals surface area contributed by atoms with E-state index in [1.54, 1.807) is 6.20 Å². The maximum atomic E-state index is 11.0. The molecule has 0 amide bonds. The zero-order chi connectivity index (χ0) is 9.97. The van der Waals surface area contributed by atoms with Gasteiger partial charge in [0.05, 0.1) is 0 Å². The number of rotatable bonds is 1. The molecule has 2 aromatic rings. The fourth-order valence-electron chi connectivity index (χ4n) is 1.52. The summed E-state index contributed by atoms with van der Waals surface area (Å²) in [7, 11) is 0. The second-order valence-corrected chi connectivity index (χ2v) is 3.27. The Balaban J connectivity index is 2.53. The van der Waals surface area contributed by atoms with Crippen LogP contribution in [-0.2, 0) is 0 Å². The van der Waals surface area contributed by atoms with Crippen molar-refractivity contribution < 1.29 is 4.73 Å². The highest BCUT2D eigenvalue weighted by atomic mass is 16.5. The van der Waals surface area contributed by atoms with Gasteiger partial charge in [-0.25, -0.2) is 0 Å². The zero-order valence-electron chi connectivity index (χ0n) is 7.97. The van der Waals surface area contributed by atoms with Gasteiger partial charge in [-0.2, -0.15) is 4.73 Å². The molecule has 0 fully saturated rings. The minimum Gasteiger partial charge on any atom is -0.619 e. The highest BCUT2D eigenvalue weighted by Crippen LogP contribution is 2.20. The second-order valence-electron chi connectivity index (χ2n) is 3.27. The third kappa shape index (κ3) is 1.59. The monoisotopic (exact) mass is 185 g/mol. The Bertz CT molecular complexity index is 437. The molecule has 2 nitrogen and oxygen atoms in total. The third-order valence-corrected chi connectivity index (χ3v) is 2.22. The van der Waals surface area contributed by atoms with E-state index in [4.69, 9.17) is 0 Å². The molecule has 0 bridgehead atoms. The van der Waals surface area contributed by atoms with Gasteiger partial charge >= 0.3 is 0 Å².